The smallest absolute Gasteiger partial charge is 0.337 e. The lowest BCUT2D eigenvalue weighted by molar-refractivity contribution is -0.146. The van der Waals surface area contributed by atoms with Gasteiger partial charge in [0.2, 0.25) is 0 Å². The standard InChI is InChI=1S/C19H21FN4O5/c1-4-29-18(26)12(2)23-11-21-16-15(23)17(25)22(9-10-28-3)19(27)24(16)14-7-5-13(20)6-8-14/h5-8,11-12H,4,9-10H2,1-3H3/t12-/m1/s1. The molecule has 0 amide bonds. The molecule has 154 valence electrons. The van der Waals surface area contributed by atoms with Crippen LogP contribution in [0.1, 0.15) is 19.9 Å². The van der Waals surface area contributed by atoms with E-state index in [1.54, 1.807) is 13.8 Å². The number of halogens is 1. The Hall–Kier alpha value is -3.27. The molecule has 0 bridgehead atoms. The second kappa shape index (κ2) is 8.39. The number of nitrogens with zero attached hydrogens (tertiary/aromatic N) is 4. The molecular weight excluding hydrogens is 383 g/mol. The average molecular weight is 404 g/mol. The van der Waals surface area contributed by atoms with Gasteiger partial charge in [0.1, 0.15) is 11.9 Å². The molecule has 0 aliphatic carbocycles. The summed E-state index contributed by atoms with van der Waals surface area (Å²) in [4.78, 5) is 42.5. The Kier molecular flexibility index (Phi) is 5.92. The molecule has 0 spiro atoms. The molecule has 10 heteroatoms. The van der Waals surface area contributed by atoms with Gasteiger partial charge in [0.25, 0.3) is 5.56 Å². The van der Waals surface area contributed by atoms with Crippen LogP contribution < -0.4 is 11.2 Å². The Bertz CT molecular complexity index is 1150. The van der Waals surface area contributed by atoms with E-state index in [1.165, 1.54) is 46.8 Å². The Morgan fingerprint density at radius 2 is 1.93 bits per heavy atom. The fourth-order valence-electron chi connectivity index (χ4n) is 3.02. The maximum Gasteiger partial charge on any atom is 0.337 e. The second-order valence-corrected chi connectivity index (χ2v) is 6.30. The first-order valence-corrected chi connectivity index (χ1v) is 9.04. The average Bonchev–Trinajstić information content (AvgIpc) is 3.14. The van der Waals surface area contributed by atoms with E-state index in [-0.39, 0.29) is 30.9 Å². The summed E-state index contributed by atoms with van der Waals surface area (Å²) in [6, 6.07) is 4.40. The molecule has 2 aromatic heterocycles. The molecule has 3 rings (SSSR count). The Balaban J connectivity index is 2.33. The van der Waals surface area contributed by atoms with E-state index in [1.807, 2.05) is 0 Å². The number of ether oxygens (including phenoxy) is 2. The van der Waals surface area contributed by atoms with Gasteiger partial charge in [-0.1, -0.05) is 0 Å². The third-order valence-corrected chi connectivity index (χ3v) is 4.50. The molecule has 3 aromatic rings. The number of esters is 1. The van der Waals surface area contributed by atoms with Crippen LogP contribution in [0, 0.1) is 5.82 Å². The fraction of sp³-hybridized carbons (Fsp3) is 0.368. The minimum absolute atomic E-state index is 0.00423. The molecule has 0 aliphatic heterocycles. The molecule has 0 N–H and O–H groups in total. The van der Waals surface area contributed by atoms with E-state index in [9.17, 15) is 18.8 Å². The highest BCUT2D eigenvalue weighted by Gasteiger charge is 2.24. The molecule has 2 heterocycles. The predicted octanol–water partition coefficient (Wildman–Crippen LogP) is 1.26. The Labute approximate surface area is 164 Å². The van der Waals surface area contributed by atoms with Gasteiger partial charge < -0.3 is 14.0 Å². The first-order valence-electron chi connectivity index (χ1n) is 9.04. The summed E-state index contributed by atoms with van der Waals surface area (Å²) < 4.78 is 27.0. The maximum atomic E-state index is 13.4. The predicted molar refractivity (Wildman–Crippen MR) is 103 cm³/mol. The molecule has 0 saturated heterocycles. The number of carbonyl (C=O) groups excluding carboxylic acids is 1. The van der Waals surface area contributed by atoms with Gasteiger partial charge in [0, 0.05) is 7.11 Å². The maximum absolute atomic E-state index is 13.4. The van der Waals surface area contributed by atoms with Gasteiger partial charge in [-0.2, -0.15) is 0 Å². The van der Waals surface area contributed by atoms with E-state index in [2.05, 4.69) is 4.98 Å². The summed E-state index contributed by atoms with van der Waals surface area (Å²) in [6.45, 7) is 3.58. The zero-order chi connectivity index (χ0) is 21.1. The molecule has 9 nitrogen and oxygen atoms in total. The van der Waals surface area contributed by atoms with Crippen LogP contribution in [0.25, 0.3) is 16.9 Å². The molecule has 0 unspecified atom stereocenters. The summed E-state index contributed by atoms with van der Waals surface area (Å²) in [5.41, 5.74) is -0.780. The minimum Gasteiger partial charge on any atom is -0.464 e. The number of imidazole rings is 1. The van der Waals surface area contributed by atoms with Crippen LogP contribution in [0.2, 0.25) is 0 Å². The molecule has 0 radical (unpaired) electrons. The van der Waals surface area contributed by atoms with Gasteiger partial charge in [-0.05, 0) is 38.1 Å². The zero-order valence-electron chi connectivity index (χ0n) is 16.3. The molecular formula is C19H21FN4O5. The van der Waals surface area contributed by atoms with Crippen molar-refractivity contribution in [2.75, 3.05) is 20.3 Å². The lowest BCUT2D eigenvalue weighted by Gasteiger charge is -2.15. The molecule has 0 saturated carbocycles. The molecule has 29 heavy (non-hydrogen) atoms. The largest absolute Gasteiger partial charge is 0.464 e. The van der Waals surface area contributed by atoms with Gasteiger partial charge >= 0.3 is 11.7 Å². The number of aromatic nitrogens is 4. The van der Waals surface area contributed by atoms with E-state index in [0.29, 0.717) is 5.69 Å². The van der Waals surface area contributed by atoms with Gasteiger partial charge in [0.05, 0.1) is 31.8 Å². The summed E-state index contributed by atoms with van der Waals surface area (Å²) in [5.74, 6) is -0.999. The van der Waals surface area contributed by atoms with Crippen LogP contribution in [0.4, 0.5) is 4.39 Å². The molecule has 0 aliphatic rings. The van der Waals surface area contributed by atoms with Crippen LogP contribution >= 0.6 is 0 Å². The van der Waals surface area contributed by atoms with Crippen molar-refractivity contribution < 1.29 is 18.7 Å². The zero-order valence-corrected chi connectivity index (χ0v) is 16.3. The Morgan fingerprint density at radius 1 is 1.24 bits per heavy atom. The molecule has 1 aromatic carbocycles. The molecule has 0 fully saturated rings. The quantitative estimate of drug-likeness (QED) is 0.550. The second-order valence-electron chi connectivity index (χ2n) is 6.30. The normalized spacial score (nSPS) is 12.3. The van der Waals surface area contributed by atoms with Crippen LogP contribution in [0.3, 0.4) is 0 Å². The van der Waals surface area contributed by atoms with Gasteiger partial charge in [-0.3, -0.25) is 9.36 Å². The van der Waals surface area contributed by atoms with Crippen LogP contribution in [0.15, 0.2) is 40.2 Å². The first kappa shape index (κ1) is 20.5. The summed E-state index contributed by atoms with van der Waals surface area (Å²) >= 11 is 0. The topological polar surface area (TPSA) is 97.4 Å². The fourth-order valence-corrected chi connectivity index (χ4v) is 3.02. The highest BCUT2D eigenvalue weighted by atomic mass is 19.1. The van der Waals surface area contributed by atoms with Crippen molar-refractivity contribution in [1.29, 1.82) is 0 Å². The molecule has 1 atom stereocenters. The highest BCUT2D eigenvalue weighted by molar-refractivity contribution is 5.79. The monoisotopic (exact) mass is 404 g/mol. The third-order valence-electron chi connectivity index (χ3n) is 4.50. The highest BCUT2D eigenvalue weighted by Crippen LogP contribution is 2.18. The Morgan fingerprint density at radius 3 is 2.55 bits per heavy atom. The lowest BCUT2D eigenvalue weighted by atomic mass is 10.3. The van der Waals surface area contributed by atoms with Crippen LogP contribution in [-0.4, -0.2) is 45.0 Å². The van der Waals surface area contributed by atoms with Crippen molar-refractivity contribution in [3.05, 3.63) is 57.2 Å². The third kappa shape index (κ3) is 3.70. The van der Waals surface area contributed by atoms with Crippen molar-refractivity contribution >= 4 is 17.1 Å². The van der Waals surface area contributed by atoms with Crippen molar-refractivity contribution in [3.63, 3.8) is 0 Å². The van der Waals surface area contributed by atoms with E-state index in [4.69, 9.17) is 9.47 Å². The number of carbonyl (C=O) groups is 1. The lowest BCUT2D eigenvalue weighted by Crippen LogP contribution is -2.41. The van der Waals surface area contributed by atoms with E-state index < -0.39 is 29.1 Å². The number of hydrogen-bond acceptors (Lipinski definition) is 6. The minimum atomic E-state index is -0.831. The SMILES string of the molecule is CCOC(=O)[C@@H](C)n1cnc2c1c(=O)n(CCOC)c(=O)n2-c1ccc(F)cc1. The summed E-state index contributed by atoms with van der Waals surface area (Å²) in [5, 5.41) is 0. The van der Waals surface area contributed by atoms with Gasteiger partial charge in [0.15, 0.2) is 11.2 Å². The van der Waals surface area contributed by atoms with Crippen molar-refractivity contribution in [2.45, 2.75) is 26.4 Å². The van der Waals surface area contributed by atoms with Crippen molar-refractivity contribution in [1.82, 2.24) is 18.7 Å². The van der Waals surface area contributed by atoms with Gasteiger partial charge in [-0.15, -0.1) is 0 Å². The van der Waals surface area contributed by atoms with E-state index in [0.717, 1.165) is 4.57 Å². The number of benzene rings is 1. The summed E-state index contributed by atoms with van der Waals surface area (Å²) in [6.07, 6.45) is 1.31. The number of rotatable bonds is 7. The van der Waals surface area contributed by atoms with Gasteiger partial charge in [-0.25, -0.2) is 23.5 Å². The van der Waals surface area contributed by atoms with Crippen LogP contribution in [0.5, 0.6) is 0 Å². The van der Waals surface area contributed by atoms with Crippen molar-refractivity contribution in [3.8, 4) is 5.69 Å². The summed E-state index contributed by atoms with van der Waals surface area (Å²) in [7, 11) is 1.45. The van der Waals surface area contributed by atoms with E-state index >= 15 is 0 Å². The first-order chi connectivity index (χ1) is 13.9. The number of fused-ring (bicyclic) bond motifs is 1. The van der Waals surface area contributed by atoms with Crippen molar-refractivity contribution in [2.24, 2.45) is 0 Å². The number of methoxy groups -OCH3 is 1. The number of hydrogen-bond donors (Lipinski definition) is 0. The van der Waals surface area contributed by atoms with Crippen LogP contribution in [-0.2, 0) is 20.8 Å².